The highest BCUT2D eigenvalue weighted by Gasteiger charge is 2.34. The maximum Gasteiger partial charge on any atom is 0.339 e. The number of urea groups is 1. The van der Waals surface area contributed by atoms with Crippen LogP contribution in [0.15, 0.2) is 88.8 Å². The number of rotatable bonds is 5. The van der Waals surface area contributed by atoms with Gasteiger partial charge < -0.3 is 15.0 Å². The summed E-state index contributed by atoms with van der Waals surface area (Å²) in [5.74, 6) is 1.46. The van der Waals surface area contributed by atoms with Crippen LogP contribution >= 0.6 is 10.0 Å². The molecule has 1 aliphatic rings. The Hall–Kier alpha value is -3.32. The van der Waals surface area contributed by atoms with Crippen molar-refractivity contribution in [3.63, 3.8) is 0 Å². The molecule has 1 aromatic heterocycles. The first-order chi connectivity index (χ1) is 15.6. The van der Waals surface area contributed by atoms with E-state index in [0.717, 1.165) is 11.5 Å². The maximum atomic E-state index is 12.8. The molecule has 2 aromatic carbocycles. The molecule has 1 aliphatic heterocycles. The first-order valence-electron chi connectivity index (χ1n) is 10.6. The summed E-state index contributed by atoms with van der Waals surface area (Å²) in [4.78, 5) is 33.2. The maximum absolute atomic E-state index is 12.8. The van der Waals surface area contributed by atoms with E-state index in [9.17, 15) is 9.59 Å². The van der Waals surface area contributed by atoms with Crippen LogP contribution in [-0.2, 0) is 11.3 Å². The van der Waals surface area contributed by atoms with E-state index in [1.54, 1.807) is 12.1 Å². The van der Waals surface area contributed by atoms with Crippen molar-refractivity contribution < 1.29 is 14.3 Å². The average Bonchev–Trinajstić information content (AvgIpc) is 2.88. The van der Waals surface area contributed by atoms with Gasteiger partial charge in [0.05, 0.1) is 24.9 Å². The summed E-state index contributed by atoms with van der Waals surface area (Å²) in [6.45, 7) is 1.73. The molecule has 2 heterocycles. The zero-order valence-corrected chi connectivity index (χ0v) is 18.9. The molecule has 0 spiro atoms. The van der Waals surface area contributed by atoms with Crippen molar-refractivity contribution in [2.24, 2.45) is 0 Å². The molecule has 6 nitrogen and oxygen atoms in total. The Balaban J connectivity index is 1.40. The Morgan fingerprint density at radius 1 is 0.938 bits per heavy atom. The number of methoxy groups -OCH3 is 1. The zero-order chi connectivity index (χ0) is 22.4. The minimum Gasteiger partial charge on any atom is -0.465 e. The van der Waals surface area contributed by atoms with E-state index in [0.29, 0.717) is 30.9 Å². The number of aromatic nitrogens is 1. The van der Waals surface area contributed by atoms with Gasteiger partial charge >= 0.3 is 12.0 Å². The molecule has 1 fully saturated rings. The Kier molecular flexibility index (Phi) is 6.75. The molecule has 3 aromatic rings. The zero-order valence-electron chi connectivity index (χ0n) is 18.1. The summed E-state index contributed by atoms with van der Waals surface area (Å²) in [6.07, 6.45) is 1.46. The van der Waals surface area contributed by atoms with Gasteiger partial charge in [-0.3, -0.25) is 4.98 Å². The molecule has 0 atom stereocenters. The fourth-order valence-electron chi connectivity index (χ4n) is 3.96. The lowest BCUT2D eigenvalue weighted by Crippen LogP contribution is -2.47. The molecule has 4 rings (SSSR count). The Morgan fingerprint density at radius 2 is 1.53 bits per heavy atom. The van der Waals surface area contributed by atoms with Crippen LogP contribution in [0.5, 0.6) is 0 Å². The number of ether oxygens (including phenoxy) is 1. The smallest absolute Gasteiger partial charge is 0.339 e. The van der Waals surface area contributed by atoms with Gasteiger partial charge in [0.2, 0.25) is 0 Å². The molecule has 1 saturated heterocycles. The fourth-order valence-corrected chi connectivity index (χ4v) is 7.80. The van der Waals surface area contributed by atoms with Gasteiger partial charge in [-0.05, 0) is 46.2 Å². The van der Waals surface area contributed by atoms with Crippen LogP contribution in [0.1, 0.15) is 16.1 Å². The Morgan fingerprint density at radius 3 is 2.03 bits per heavy atom. The van der Waals surface area contributed by atoms with Crippen LogP contribution < -0.4 is 5.32 Å². The summed E-state index contributed by atoms with van der Waals surface area (Å²) in [5.41, 5.74) is 1.08. The van der Waals surface area contributed by atoms with Crippen molar-refractivity contribution in [2.45, 2.75) is 16.3 Å². The Labute approximate surface area is 189 Å². The molecular weight excluding hydrogens is 422 g/mol. The third kappa shape index (κ3) is 4.62. The number of carbonyl (C=O) groups excluding carboxylic acids is 2. The molecule has 7 heteroatoms. The van der Waals surface area contributed by atoms with Gasteiger partial charge in [0, 0.05) is 30.8 Å². The molecule has 2 amide bonds. The second-order valence-corrected chi connectivity index (χ2v) is 11.1. The van der Waals surface area contributed by atoms with Gasteiger partial charge in [0.15, 0.2) is 0 Å². The van der Waals surface area contributed by atoms with Crippen molar-refractivity contribution in [2.75, 3.05) is 31.7 Å². The minimum absolute atomic E-state index is 0.0852. The average molecular weight is 450 g/mol. The van der Waals surface area contributed by atoms with Gasteiger partial charge in [0.1, 0.15) is 0 Å². The highest BCUT2D eigenvalue weighted by atomic mass is 32.3. The van der Waals surface area contributed by atoms with E-state index in [1.165, 1.54) is 23.1 Å². The van der Waals surface area contributed by atoms with Crippen molar-refractivity contribution in [3.8, 4) is 0 Å². The molecule has 0 unspecified atom stereocenters. The number of hydrogen-bond donors (Lipinski definition) is 1. The third-order valence-corrected chi connectivity index (χ3v) is 9.87. The molecule has 0 radical (unpaired) electrons. The van der Waals surface area contributed by atoms with Crippen molar-refractivity contribution in [3.05, 3.63) is 90.3 Å². The number of esters is 1. The molecule has 32 heavy (non-hydrogen) atoms. The number of benzene rings is 2. The first kappa shape index (κ1) is 21.9. The van der Waals surface area contributed by atoms with Gasteiger partial charge in [-0.15, -0.1) is 0 Å². The van der Waals surface area contributed by atoms with Crippen LogP contribution in [0.2, 0.25) is 0 Å². The van der Waals surface area contributed by atoms with E-state index < -0.39 is 16.0 Å². The monoisotopic (exact) mass is 449 g/mol. The molecular formula is C25H27N3O3S. The quantitative estimate of drug-likeness (QED) is 0.589. The number of pyridine rings is 1. The molecule has 0 aliphatic carbocycles. The number of nitrogens with one attached hydrogen (secondary N) is 1. The van der Waals surface area contributed by atoms with E-state index in [1.807, 2.05) is 4.90 Å². The number of carbonyl (C=O) groups is 2. The van der Waals surface area contributed by atoms with Crippen LogP contribution in [0.25, 0.3) is 0 Å². The van der Waals surface area contributed by atoms with Crippen molar-refractivity contribution >= 4 is 22.0 Å². The summed E-state index contributed by atoms with van der Waals surface area (Å²) in [7, 11) is 0.153. The lowest BCUT2D eigenvalue weighted by molar-refractivity contribution is 0.0600. The van der Waals surface area contributed by atoms with E-state index in [-0.39, 0.29) is 6.03 Å². The molecule has 1 N–H and O–H groups in total. The van der Waals surface area contributed by atoms with Gasteiger partial charge in [-0.1, -0.05) is 36.4 Å². The van der Waals surface area contributed by atoms with E-state index in [4.69, 9.17) is 0 Å². The second-order valence-electron chi connectivity index (χ2n) is 7.59. The van der Waals surface area contributed by atoms with Crippen LogP contribution in [0, 0.1) is 0 Å². The second kappa shape index (κ2) is 9.87. The third-order valence-electron chi connectivity index (χ3n) is 5.76. The standard InChI is InChI=1S/C25H27N3O3S/c1-31-24(29)20-12-13-21(26-18-20)19-27-25(30)28-14-16-32(17-15-28,22-8-4-2-5-9-22)23-10-6-3-7-11-23/h2-13,18H,14-17,19H2,1H3,(H,27,30). The highest BCUT2D eigenvalue weighted by molar-refractivity contribution is 8.33. The normalized spacial score (nSPS) is 16.1. The summed E-state index contributed by atoms with van der Waals surface area (Å²) in [6, 6.07) is 24.7. The lowest BCUT2D eigenvalue weighted by Gasteiger charge is -2.47. The summed E-state index contributed by atoms with van der Waals surface area (Å²) >= 11 is 0. The van der Waals surface area contributed by atoms with Crippen LogP contribution in [0.3, 0.4) is 0 Å². The lowest BCUT2D eigenvalue weighted by atomic mass is 10.2. The molecule has 0 saturated carbocycles. The number of nitrogens with zero attached hydrogens (tertiary/aromatic N) is 2. The van der Waals surface area contributed by atoms with Gasteiger partial charge in [-0.25, -0.2) is 9.59 Å². The highest BCUT2D eigenvalue weighted by Crippen LogP contribution is 2.63. The number of amides is 2. The SMILES string of the molecule is COC(=O)c1ccc(CNC(=O)N2CCS(c3ccccc3)(c3ccccc3)CC2)nc1. The van der Waals surface area contributed by atoms with Gasteiger partial charge in [-0.2, -0.15) is 10.0 Å². The minimum atomic E-state index is -1.18. The largest absolute Gasteiger partial charge is 0.465 e. The Bertz CT molecular complexity index is 1010. The predicted octanol–water partition coefficient (Wildman–Crippen LogP) is 4.32. The van der Waals surface area contributed by atoms with Crippen LogP contribution in [-0.4, -0.2) is 53.6 Å². The van der Waals surface area contributed by atoms with Crippen molar-refractivity contribution in [1.82, 2.24) is 15.2 Å². The molecule has 0 bridgehead atoms. The fraction of sp³-hybridized carbons (Fsp3) is 0.240. The predicted molar refractivity (Wildman–Crippen MR) is 126 cm³/mol. The van der Waals surface area contributed by atoms with Crippen molar-refractivity contribution in [1.29, 1.82) is 0 Å². The first-order valence-corrected chi connectivity index (χ1v) is 12.5. The van der Waals surface area contributed by atoms with Gasteiger partial charge in [0.25, 0.3) is 0 Å². The summed E-state index contributed by atoms with van der Waals surface area (Å²) in [5, 5.41) is 2.96. The summed E-state index contributed by atoms with van der Waals surface area (Å²) < 4.78 is 4.68. The van der Waals surface area contributed by atoms with E-state index >= 15 is 0 Å². The van der Waals surface area contributed by atoms with Crippen LogP contribution in [0.4, 0.5) is 4.79 Å². The number of hydrogen-bond acceptors (Lipinski definition) is 4. The topological polar surface area (TPSA) is 71.5 Å². The molecule has 166 valence electrons. The van der Waals surface area contributed by atoms with E-state index in [2.05, 4.69) is 75.7 Å².